The van der Waals surface area contributed by atoms with Gasteiger partial charge in [0.05, 0.1) is 32.3 Å². The molecule has 4 aromatic rings. The molecule has 1 aliphatic heterocycles. The SMILES string of the molecule is COc1ccccc1C1C2=C(N=c3sc(=Cc4cc(Br)c(O)c(Br)c4)c(=O)n31)c1ccccc1CC2. The number of hydrogen-bond donors (Lipinski definition) is 1. The van der Waals surface area contributed by atoms with E-state index in [2.05, 4.69) is 50.1 Å². The molecule has 36 heavy (non-hydrogen) atoms. The van der Waals surface area contributed by atoms with Crippen molar-refractivity contribution in [1.82, 2.24) is 4.57 Å². The minimum absolute atomic E-state index is 0.0969. The summed E-state index contributed by atoms with van der Waals surface area (Å²) in [6.07, 6.45) is 3.56. The number of benzene rings is 3. The number of methoxy groups -OCH3 is 1. The zero-order valence-corrected chi connectivity index (χ0v) is 23.2. The quantitative estimate of drug-likeness (QED) is 0.325. The number of nitrogens with zero attached hydrogens (tertiary/aromatic N) is 2. The summed E-state index contributed by atoms with van der Waals surface area (Å²) < 4.78 is 9.22. The summed E-state index contributed by atoms with van der Waals surface area (Å²) in [6, 6.07) is 19.5. The van der Waals surface area contributed by atoms with Crippen LogP contribution < -0.4 is 19.6 Å². The van der Waals surface area contributed by atoms with Crippen LogP contribution in [-0.4, -0.2) is 16.8 Å². The molecule has 0 radical (unpaired) electrons. The third kappa shape index (κ3) is 3.79. The monoisotopic (exact) mass is 622 g/mol. The molecule has 0 saturated heterocycles. The topological polar surface area (TPSA) is 63.8 Å². The van der Waals surface area contributed by atoms with E-state index in [0.29, 0.717) is 18.3 Å². The number of allylic oxidation sites excluding steroid dienone is 1. The van der Waals surface area contributed by atoms with Crippen LogP contribution in [0.2, 0.25) is 0 Å². The van der Waals surface area contributed by atoms with Gasteiger partial charge in [-0.1, -0.05) is 53.8 Å². The average molecular weight is 624 g/mol. The second kappa shape index (κ2) is 9.18. The molecule has 180 valence electrons. The van der Waals surface area contributed by atoms with Crippen LogP contribution in [0.5, 0.6) is 11.5 Å². The number of fused-ring (bicyclic) bond motifs is 3. The Kier molecular flexibility index (Phi) is 5.98. The summed E-state index contributed by atoms with van der Waals surface area (Å²) in [4.78, 5) is 19.6. The van der Waals surface area contributed by atoms with Crippen LogP contribution in [0.15, 0.2) is 85.0 Å². The van der Waals surface area contributed by atoms with Gasteiger partial charge in [0.25, 0.3) is 5.56 Å². The van der Waals surface area contributed by atoms with Crippen molar-refractivity contribution in [2.24, 2.45) is 4.99 Å². The van der Waals surface area contributed by atoms with Crippen molar-refractivity contribution in [1.29, 1.82) is 0 Å². The number of aromatic nitrogens is 1. The van der Waals surface area contributed by atoms with Gasteiger partial charge < -0.3 is 9.84 Å². The van der Waals surface area contributed by atoms with Gasteiger partial charge in [-0.15, -0.1) is 0 Å². The lowest BCUT2D eigenvalue weighted by Gasteiger charge is -2.31. The molecule has 1 unspecified atom stereocenters. The Hall–Kier alpha value is -2.94. The maximum Gasteiger partial charge on any atom is 0.271 e. The Morgan fingerprint density at radius 1 is 1.08 bits per heavy atom. The number of ether oxygens (including phenoxy) is 1. The van der Waals surface area contributed by atoms with Crippen molar-refractivity contribution in [3.05, 3.63) is 117 Å². The summed E-state index contributed by atoms with van der Waals surface area (Å²) in [5.41, 5.74) is 6.13. The van der Waals surface area contributed by atoms with Gasteiger partial charge in [-0.2, -0.15) is 0 Å². The summed E-state index contributed by atoms with van der Waals surface area (Å²) in [6.45, 7) is 0. The summed E-state index contributed by atoms with van der Waals surface area (Å²) >= 11 is 8.13. The number of phenolic OH excluding ortho intramolecular Hbond substituents is 1. The maximum atomic E-state index is 13.9. The summed E-state index contributed by atoms with van der Waals surface area (Å²) in [7, 11) is 1.66. The first-order valence-electron chi connectivity index (χ1n) is 11.4. The van der Waals surface area contributed by atoms with E-state index in [9.17, 15) is 9.90 Å². The Labute approximate surface area is 228 Å². The van der Waals surface area contributed by atoms with Crippen molar-refractivity contribution in [2.45, 2.75) is 18.9 Å². The van der Waals surface area contributed by atoms with Gasteiger partial charge in [-0.05, 0) is 85.7 Å². The van der Waals surface area contributed by atoms with Gasteiger partial charge in [-0.3, -0.25) is 9.36 Å². The molecule has 5 nitrogen and oxygen atoms in total. The lowest BCUT2D eigenvalue weighted by atomic mass is 9.83. The van der Waals surface area contributed by atoms with Crippen LogP contribution in [0.25, 0.3) is 11.8 Å². The van der Waals surface area contributed by atoms with Gasteiger partial charge in [0, 0.05) is 11.1 Å². The van der Waals surface area contributed by atoms with E-state index in [1.807, 2.05) is 41.0 Å². The van der Waals surface area contributed by atoms with Gasteiger partial charge in [-0.25, -0.2) is 4.99 Å². The molecule has 1 aliphatic carbocycles. The molecule has 8 heteroatoms. The third-order valence-corrected chi connectivity index (χ3v) is 8.84. The van der Waals surface area contributed by atoms with E-state index in [0.717, 1.165) is 46.6 Å². The zero-order valence-electron chi connectivity index (χ0n) is 19.2. The summed E-state index contributed by atoms with van der Waals surface area (Å²) in [5.74, 6) is 0.868. The molecule has 0 spiro atoms. The maximum absolute atomic E-state index is 13.9. The third-order valence-electron chi connectivity index (χ3n) is 6.64. The molecule has 1 atom stereocenters. The molecule has 2 heterocycles. The van der Waals surface area contributed by atoms with Gasteiger partial charge in [0.15, 0.2) is 4.80 Å². The van der Waals surface area contributed by atoms with E-state index in [4.69, 9.17) is 9.73 Å². The van der Waals surface area contributed by atoms with Crippen molar-refractivity contribution in [3.8, 4) is 11.5 Å². The fraction of sp³-hybridized carbons (Fsp3) is 0.143. The van der Waals surface area contributed by atoms with E-state index < -0.39 is 0 Å². The van der Waals surface area contributed by atoms with Crippen LogP contribution in [-0.2, 0) is 6.42 Å². The minimum atomic E-state index is -0.304. The van der Waals surface area contributed by atoms with Crippen LogP contribution in [0, 0.1) is 0 Å². The predicted octanol–water partition coefficient (Wildman–Crippen LogP) is 5.56. The standard InChI is InChI=1S/C28H20Br2N2O3S/c1-35-22-9-5-4-8-18(22)25-19-11-10-16-6-2-3-7-17(16)24(19)31-28-32(25)27(34)23(36-28)14-15-12-20(29)26(33)21(30)13-15/h2-9,12-14,25,33H,10-11H2,1H3. The molecule has 0 amide bonds. The largest absolute Gasteiger partial charge is 0.506 e. The number of thiazole rings is 1. The van der Waals surface area contributed by atoms with Gasteiger partial charge in [0.2, 0.25) is 0 Å². The predicted molar refractivity (Wildman–Crippen MR) is 149 cm³/mol. The molecule has 0 fully saturated rings. The minimum Gasteiger partial charge on any atom is -0.506 e. The fourth-order valence-electron chi connectivity index (χ4n) is 5.01. The number of aryl methyl sites for hydroxylation is 1. The Morgan fingerprint density at radius 3 is 2.58 bits per heavy atom. The van der Waals surface area contributed by atoms with Crippen molar-refractivity contribution >= 4 is 55.0 Å². The average Bonchev–Trinajstić information content (AvgIpc) is 3.20. The zero-order chi connectivity index (χ0) is 25.0. The number of aromatic hydroxyl groups is 1. The number of hydrogen-bond acceptors (Lipinski definition) is 5. The first-order valence-corrected chi connectivity index (χ1v) is 13.8. The number of para-hydroxylation sites is 1. The molecule has 1 N–H and O–H groups in total. The number of phenols is 1. The van der Waals surface area contributed by atoms with E-state index >= 15 is 0 Å². The molecule has 1 aromatic heterocycles. The molecule has 2 aliphatic rings. The lowest BCUT2D eigenvalue weighted by Crippen LogP contribution is -2.39. The van der Waals surface area contributed by atoms with Crippen molar-refractivity contribution in [3.63, 3.8) is 0 Å². The molecule has 0 saturated carbocycles. The highest BCUT2D eigenvalue weighted by Gasteiger charge is 2.33. The van der Waals surface area contributed by atoms with E-state index in [-0.39, 0.29) is 17.4 Å². The highest BCUT2D eigenvalue weighted by molar-refractivity contribution is 9.11. The number of halogens is 2. The van der Waals surface area contributed by atoms with Crippen LogP contribution in [0.4, 0.5) is 0 Å². The van der Waals surface area contributed by atoms with Crippen LogP contribution in [0.1, 0.15) is 34.7 Å². The van der Waals surface area contributed by atoms with E-state index in [1.165, 1.54) is 16.9 Å². The highest BCUT2D eigenvalue weighted by atomic mass is 79.9. The Bertz CT molecular complexity index is 1730. The van der Waals surface area contributed by atoms with Crippen LogP contribution >= 0.6 is 43.2 Å². The molecule has 6 rings (SSSR count). The summed E-state index contributed by atoms with van der Waals surface area (Å²) in [5, 5.41) is 10.1. The smallest absolute Gasteiger partial charge is 0.271 e. The van der Waals surface area contributed by atoms with E-state index in [1.54, 1.807) is 19.2 Å². The fourth-order valence-corrected chi connectivity index (χ4v) is 7.23. The van der Waals surface area contributed by atoms with Gasteiger partial charge in [0.1, 0.15) is 11.5 Å². The first kappa shape index (κ1) is 23.5. The molecule has 3 aromatic carbocycles. The first-order chi connectivity index (χ1) is 17.5. The van der Waals surface area contributed by atoms with Gasteiger partial charge >= 0.3 is 0 Å². The highest BCUT2D eigenvalue weighted by Crippen LogP contribution is 2.43. The second-order valence-electron chi connectivity index (χ2n) is 8.69. The number of rotatable bonds is 3. The normalized spacial score (nSPS) is 16.8. The van der Waals surface area contributed by atoms with Crippen LogP contribution in [0.3, 0.4) is 0 Å². The Balaban J connectivity index is 1.64. The Morgan fingerprint density at radius 2 is 1.81 bits per heavy atom. The van der Waals surface area contributed by atoms with Crippen molar-refractivity contribution in [2.75, 3.05) is 7.11 Å². The lowest BCUT2D eigenvalue weighted by molar-refractivity contribution is 0.402. The molecular formula is C28H20Br2N2O3S. The molecule has 0 bridgehead atoms. The van der Waals surface area contributed by atoms with Crippen molar-refractivity contribution < 1.29 is 9.84 Å². The molecular weight excluding hydrogens is 604 g/mol. The second-order valence-corrected chi connectivity index (χ2v) is 11.4.